The van der Waals surface area contributed by atoms with E-state index < -0.39 is 0 Å². The monoisotopic (exact) mass is 241 g/mol. The van der Waals surface area contributed by atoms with Crippen molar-refractivity contribution in [3.8, 4) is 0 Å². The summed E-state index contributed by atoms with van der Waals surface area (Å²) in [5, 5.41) is 0. The summed E-state index contributed by atoms with van der Waals surface area (Å²) in [6.45, 7) is 0. The van der Waals surface area contributed by atoms with Gasteiger partial charge in [-0.3, -0.25) is 0 Å². The molecule has 43 valence electrons. The molecule has 0 aromatic carbocycles. The van der Waals surface area contributed by atoms with Crippen molar-refractivity contribution >= 4 is 20.6 Å². The van der Waals surface area contributed by atoms with Crippen molar-refractivity contribution in [2.75, 3.05) is 0 Å². The van der Waals surface area contributed by atoms with E-state index in [0.717, 1.165) is 0 Å². The number of hydrogen-bond acceptors (Lipinski definition) is 1. The summed E-state index contributed by atoms with van der Waals surface area (Å²) in [5.74, 6) is 0. The fourth-order valence-electron chi connectivity index (χ4n) is 0. The zero-order valence-electron chi connectivity index (χ0n) is 2.08. The van der Waals surface area contributed by atoms with Crippen LogP contribution in [0.1, 0.15) is 0 Å². The summed E-state index contributed by atoms with van der Waals surface area (Å²) in [4.78, 5) is 0. The van der Waals surface area contributed by atoms with Gasteiger partial charge in [-0.05, 0) is 0 Å². The van der Waals surface area contributed by atoms with Crippen molar-refractivity contribution in [2.24, 2.45) is 0 Å². The van der Waals surface area contributed by atoms with Gasteiger partial charge in [0, 0.05) is 33.3 Å². The molecule has 0 bridgehead atoms. The van der Waals surface area contributed by atoms with E-state index in [9.17, 15) is 0 Å². The Kier molecular flexibility index (Phi) is 193. The zero-order chi connectivity index (χ0) is 2.00. The van der Waals surface area contributed by atoms with E-state index in [2.05, 4.69) is 24.5 Å². The van der Waals surface area contributed by atoms with E-state index in [4.69, 9.17) is 0 Å². The summed E-state index contributed by atoms with van der Waals surface area (Å²) in [5.41, 5.74) is 0. The van der Waals surface area contributed by atoms with Gasteiger partial charge in [0.05, 0.1) is 0 Å². The maximum atomic E-state index is 3.71. The van der Waals surface area contributed by atoms with Crippen LogP contribution in [0.2, 0.25) is 0 Å². The molecule has 0 heterocycles. The third kappa shape index (κ3) is 23.0. The molecular formula is H3CoNi2PS. The van der Waals surface area contributed by atoms with Crippen LogP contribution in [-0.2, 0) is 47.1 Å². The molecule has 1 atom stereocenters. The third-order valence-electron chi connectivity index (χ3n) is 0. The summed E-state index contributed by atoms with van der Waals surface area (Å²) in [6.07, 6.45) is 0. The van der Waals surface area contributed by atoms with Crippen molar-refractivity contribution in [2.45, 2.75) is 0 Å². The molecule has 1 radical (unpaired) electrons. The SMILES string of the molecule is P.[Co].[Ni].[S]=[Ni]. The standard InChI is InChI=1S/Co.2Ni.H3P.S/h;;;1H3;. The normalized spacial score (nSPS) is 1.20. The second-order valence-corrected chi connectivity index (χ2v) is 0. The molecular weight excluding hydrogens is 239 g/mol. The molecule has 1 unspecified atom stereocenters. The molecule has 0 fully saturated rings. The average molecular weight is 242 g/mol. The summed E-state index contributed by atoms with van der Waals surface area (Å²) >= 11 is 3.46. The van der Waals surface area contributed by atoms with Crippen molar-refractivity contribution in [3.05, 3.63) is 0 Å². The van der Waals surface area contributed by atoms with Crippen LogP contribution in [0.4, 0.5) is 0 Å². The molecule has 5 heavy (non-hydrogen) atoms. The minimum atomic E-state index is 0. The quantitative estimate of drug-likeness (QED) is 0.445. The van der Waals surface area contributed by atoms with Gasteiger partial charge < -0.3 is 0 Å². The minimum absolute atomic E-state index is 0. The Bertz CT molecular complexity index is 9.61. The molecule has 0 aliphatic heterocycles. The van der Waals surface area contributed by atoms with E-state index in [1.54, 1.807) is 0 Å². The van der Waals surface area contributed by atoms with Gasteiger partial charge in [0.2, 0.25) is 0 Å². The first kappa shape index (κ1) is 27.3. The average Bonchev–Trinajstić information content (AvgIpc) is 1.00. The molecule has 0 aliphatic rings. The zero-order valence-corrected chi connectivity index (χ0v) is 7.33. The second kappa shape index (κ2) is 35.4. The fourth-order valence-corrected chi connectivity index (χ4v) is 0. The van der Waals surface area contributed by atoms with Gasteiger partial charge in [0.15, 0.2) is 0 Å². The Hall–Kier alpha value is 2.14. The molecule has 0 aromatic heterocycles. The van der Waals surface area contributed by atoms with Crippen molar-refractivity contribution in [1.82, 2.24) is 0 Å². The molecule has 0 aromatic rings. The first-order chi connectivity index (χ1) is 1.00. The summed E-state index contributed by atoms with van der Waals surface area (Å²) < 4.78 is 0. The molecule has 0 N–H and O–H groups in total. The van der Waals surface area contributed by atoms with Crippen LogP contribution in [0.5, 0.6) is 0 Å². The predicted molar refractivity (Wildman–Crippen MR) is 18.7 cm³/mol. The van der Waals surface area contributed by atoms with E-state index in [-0.39, 0.29) is 43.2 Å². The van der Waals surface area contributed by atoms with Gasteiger partial charge in [-0.25, -0.2) is 0 Å². The van der Waals surface area contributed by atoms with Gasteiger partial charge >= 0.3 is 24.5 Å². The summed E-state index contributed by atoms with van der Waals surface area (Å²) in [7, 11) is 3.71. The third-order valence-corrected chi connectivity index (χ3v) is 0. The molecule has 0 rings (SSSR count). The van der Waals surface area contributed by atoms with Crippen LogP contribution in [0.3, 0.4) is 0 Å². The first-order valence-electron chi connectivity index (χ1n) is 0.129. The van der Waals surface area contributed by atoms with Crippen molar-refractivity contribution < 1.29 is 47.1 Å². The van der Waals surface area contributed by atoms with Crippen molar-refractivity contribution in [1.29, 1.82) is 0 Å². The first-order valence-corrected chi connectivity index (χ1v) is 1.60. The van der Waals surface area contributed by atoms with Crippen LogP contribution >= 0.6 is 20.6 Å². The van der Waals surface area contributed by atoms with Crippen LogP contribution in [0, 0.1) is 0 Å². The van der Waals surface area contributed by atoms with Gasteiger partial charge in [0.25, 0.3) is 0 Å². The predicted octanol–water partition coefficient (Wildman–Crippen LogP) is 0.699. The van der Waals surface area contributed by atoms with Crippen LogP contribution in [0.15, 0.2) is 0 Å². The second-order valence-electron chi connectivity index (χ2n) is 0. The fraction of sp³-hybridized carbons (Fsp3) is 0. The molecule has 0 amide bonds. The summed E-state index contributed by atoms with van der Waals surface area (Å²) in [6, 6.07) is 0. The van der Waals surface area contributed by atoms with E-state index in [1.807, 2.05) is 0 Å². The molecule has 0 spiro atoms. The van der Waals surface area contributed by atoms with E-state index in [0.29, 0.717) is 0 Å². The van der Waals surface area contributed by atoms with Gasteiger partial charge in [-0.2, -0.15) is 9.90 Å². The molecule has 0 aliphatic carbocycles. The Morgan fingerprint density at radius 1 is 1.20 bits per heavy atom. The van der Waals surface area contributed by atoms with E-state index >= 15 is 0 Å². The van der Waals surface area contributed by atoms with E-state index in [1.165, 1.54) is 0 Å². The Morgan fingerprint density at radius 3 is 1.20 bits per heavy atom. The molecule has 0 saturated carbocycles. The molecule has 0 saturated heterocycles. The van der Waals surface area contributed by atoms with Crippen molar-refractivity contribution in [3.63, 3.8) is 0 Å². The Balaban J connectivity index is -0.00000000167. The number of rotatable bonds is 0. The van der Waals surface area contributed by atoms with Gasteiger partial charge in [0.1, 0.15) is 0 Å². The van der Waals surface area contributed by atoms with Crippen LogP contribution in [0.25, 0.3) is 0 Å². The Labute approximate surface area is 67.3 Å². The van der Waals surface area contributed by atoms with Crippen LogP contribution in [-0.4, -0.2) is 0 Å². The number of hydrogen-bond donors (Lipinski definition) is 0. The molecule has 0 nitrogen and oxygen atoms in total. The van der Waals surface area contributed by atoms with Gasteiger partial charge in [-0.15, -0.1) is 0 Å². The van der Waals surface area contributed by atoms with Crippen LogP contribution < -0.4 is 0 Å². The topological polar surface area (TPSA) is 0 Å². The Morgan fingerprint density at radius 2 is 1.20 bits per heavy atom. The maximum absolute atomic E-state index is 3.71. The molecule has 5 heteroatoms. The van der Waals surface area contributed by atoms with Gasteiger partial charge in [-0.1, -0.05) is 0 Å².